The molecule has 0 aliphatic carbocycles. The van der Waals surface area contributed by atoms with E-state index in [-0.39, 0.29) is 17.8 Å². The van der Waals surface area contributed by atoms with E-state index in [0.717, 1.165) is 19.3 Å². The molecule has 0 saturated carbocycles. The minimum atomic E-state index is -0.447. The SMILES string of the molecule is CON(C)C(=O)C(C)C[C@H](C)CCCOC(=O)C(C)(C)C. The summed E-state index contributed by atoms with van der Waals surface area (Å²) in [5.41, 5.74) is -0.447. The maximum absolute atomic E-state index is 11.9. The van der Waals surface area contributed by atoms with Gasteiger partial charge in [0.1, 0.15) is 0 Å². The van der Waals surface area contributed by atoms with Crippen LogP contribution in [0.1, 0.15) is 53.9 Å². The number of hydrogen-bond donors (Lipinski definition) is 0. The minimum absolute atomic E-state index is 0.0106. The van der Waals surface area contributed by atoms with E-state index in [1.807, 2.05) is 27.7 Å². The molecule has 0 aliphatic heterocycles. The Morgan fingerprint density at radius 3 is 2.24 bits per heavy atom. The fraction of sp³-hybridized carbons (Fsp3) is 0.875. The van der Waals surface area contributed by atoms with Gasteiger partial charge in [0.2, 0.25) is 5.91 Å². The first-order valence-corrected chi connectivity index (χ1v) is 7.58. The molecule has 124 valence electrons. The number of esters is 1. The summed E-state index contributed by atoms with van der Waals surface area (Å²) < 4.78 is 5.23. The summed E-state index contributed by atoms with van der Waals surface area (Å²) in [6.07, 6.45) is 2.56. The van der Waals surface area contributed by atoms with Gasteiger partial charge in [-0.15, -0.1) is 0 Å². The normalized spacial score (nSPS) is 14.4. The number of amides is 1. The third-order valence-electron chi connectivity index (χ3n) is 3.45. The molecule has 0 aliphatic rings. The van der Waals surface area contributed by atoms with Crippen LogP contribution in [0.4, 0.5) is 0 Å². The van der Waals surface area contributed by atoms with Crippen LogP contribution in [-0.4, -0.2) is 37.7 Å². The van der Waals surface area contributed by atoms with Gasteiger partial charge in [-0.05, 0) is 46.0 Å². The average molecular weight is 301 g/mol. The van der Waals surface area contributed by atoms with E-state index in [4.69, 9.17) is 9.57 Å². The first-order valence-electron chi connectivity index (χ1n) is 7.58. The van der Waals surface area contributed by atoms with Gasteiger partial charge in [0.05, 0.1) is 19.1 Å². The number of carbonyl (C=O) groups excluding carboxylic acids is 2. The van der Waals surface area contributed by atoms with Crippen LogP contribution in [0.3, 0.4) is 0 Å². The quantitative estimate of drug-likeness (QED) is 0.393. The predicted molar refractivity (Wildman–Crippen MR) is 82.4 cm³/mol. The van der Waals surface area contributed by atoms with Crippen molar-refractivity contribution in [2.24, 2.45) is 17.3 Å². The summed E-state index contributed by atoms with van der Waals surface area (Å²) in [6, 6.07) is 0. The van der Waals surface area contributed by atoms with Crippen LogP contribution in [0, 0.1) is 17.3 Å². The lowest BCUT2D eigenvalue weighted by molar-refractivity contribution is -0.173. The van der Waals surface area contributed by atoms with Gasteiger partial charge in [0.25, 0.3) is 0 Å². The Balaban J connectivity index is 3.93. The molecule has 5 nitrogen and oxygen atoms in total. The zero-order valence-electron chi connectivity index (χ0n) is 14.6. The summed E-state index contributed by atoms with van der Waals surface area (Å²) in [6.45, 7) is 10.0. The van der Waals surface area contributed by atoms with E-state index in [1.54, 1.807) is 7.05 Å². The number of rotatable bonds is 8. The molecule has 0 N–H and O–H groups in total. The van der Waals surface area contributed by atoms with E-state index in [9.17, 15) is 9.59 Å². The van der Waals surface area contributed by atoms with Crippen molar-refractivity contribution >= 4 is 11.9 Å². The highest BCUT2D eigenvalue weighted by Gasteiger charge is 2.23. The van der Waals surface area contributed by atoms with Crippen LogP contribution < -0.4 is 0 Å². The average Bonchev–Trinajstić information content (AvgIpc) is 2.40. The van der Waals surface area contributed by atoms with Crippen LogP contribution in [0.5, 0.6) is 0 Å². The van der Waals surface area contributed by atoms with Crippen molar-refractivity contribution in [3.8, 4) is 0 Å². The number of hydrogen-bond acceptors (Lipinski definition) is 4. The second-order valence-corrected chi connectivity index (χ2v) is 6.79. The number of hydroxylamine groups is 2. The lowest BCUT2D eigenvalue weighted by Crippen LogP contribution is -2.31. The fourth-order valence-electron chi connectivity index (χ4n) is 2.04. The largest absolute Gasteiger partial charge is 0.465 e. The summed E-state index contributed by atoms with van der Waals surface area (Å²) in [4.78, 5) is 28.4. The van der Waals surface area contributed by atoms with Gasteiger partial charge in [-0.3, -0.25) is 14.4 Å². The monoisotopic (exact) mass is 301 g/mol. The molecule has 0 fully saturated rings. The Bertz CT molecular complexity index is 336. The molecule has 0 bridgehead atoms. The summed E-state index contributed by atoms with van der Waals surface area (Å²) in [5.74, 6) is 0.161. The topological polar surface area (TPSA) is 55.8 Å². The van der Waals surface area contributed by atoms with Crippen LogP contribution in [0.2, 0.25) is 0 Å². The van der Waals surface area contributed by atoms with E-state index in [2.05, 4.69) is 6.92 Å². The van der Waals surface area contributed by atoms with E-state index >= 15 is 0 Å². The van der Waals surface area contributed by atoms with Crippen LogP contribution >= 0.6 is 0 Å². The molecular weight excluding hydrogens is 270 g/mol. The van der Waals surface area contributed by atoms with E-state index in [1.165, 1.54) is 12.2 Å². The fourth-order valence-corrected chi connectivity index (χ4v) is 2.04. The molecule has 2 atom stereocenters. The van der Waals surface area contributed by atoms with Crippen LogP contribution in [0.15, 0.2) is 0 Å². The molecule has 0 aromatic carbocycles. The second kappa shape index (κ2) is 9.03. The van der Waals surface area contributed by atoms with E-state index in [0.29, 0.717) is 12.5 Å². The highest BCUT2D eigenvalue weighted by Crippen LogP contribution is 2.19. The molecule has 1 unspecified atom stereocenters. The Labute approximate surface area is 128 Å². The van der Waals surface area contributed by atoms with Crippen molar-refractivity contribution in [1.82, 2.24) is 5.06 Å². The molecule has 0 heterocycles. The Morgan fingerprint density at radius 1 is 1.19 bits per heavy atom. The molecule has 1 amide bonds. The third kappa shape index (κ3) is 8.05. The second-order valence-electron chi connectivity index (χ2n) is 6.79. The number of carbonyl (C=O) groups is 2. The van der Waals surface area contributed by atoms with Crippen molar-refractivity contribution in [1.29, 1.82) is 0 Å². The Morgan fingerprint density at radius 2 is 1.76 bits per heavy atom. The smallest absolute Gasteiger partial charge is 0.311 e. The number of ether oxygens (including phenoxy) is 1. The summed E-state index contributed by atoms with van der Waals surface area (Å²) in [7, 11) is 3.10. The highest BCUT2D eigenvalue weighted by molar-refractivity contribution is 5.77. The lowest BCUT2D eigenvalue weighted by Gasteiger charge is -2.21. The minimum Gasteiger partial charge on any atom is -0.465 e. The van der Waals surface area contributed by atoms with E-state index < -0.39 is 5.41 Å². The van der Waals surface area contributed by atoms with Crippen molar-refractivity contribution in [3.63, 3.8) is 0 Å². The molecule has 0 spiro atoms. The first kappa shape index (κ1) is 19.9. The van der Waals surface area contributed by atoms with Crippen molar-refractivity contribution in [2.75, 3.05) is 20.8 Å². The Hall–Kier alpha value is -1.10. The zero-order valence-corrected chi connectivity index (χ0v) is 14.6. The van der Waals surface area contributed by atoms with Gasteiger partial charge in [-0.1, -0.05) is 13.8 Å². The van der Waals surface area contributed by atoms with Crippen LogP contribution in [0.25, 0.3) is 0 Å². The van der Waals surface area contributed by atoms with Gasteiger partial charge in [0.15, 0.2) is 0 Å². The summed E-state index contributed by atoms with van der Waals surface area (Å²) in [5, 5.41) is 1.27. The van der Waals surface area contributed by atoms with Crippen molar-refractivity contribution < 1.29 is 19.2 Å². The summed E-state index contributed by atoms with van der Waals surface area (Å²) >= 11 is 0. The number of nitrogens with zero attached hydrogens (tertiary/aromatic N) is 1. The molecule has 0 saturated heterocycles. The van der Waals surface area contributed by atoms with Gasteiger partial charge < -0.3 is 4.74 Å². The molecule has 0 radical (unpaired) electrons. The Kier molecular flexibility index (Phi) is 8.55. The highest BCUT2D eigenvalue weighted by atomic mass is 16.7. The van der Waals surface area contributed by atoms with Gasteiger partial charge in [0, 0.05) is 13.0 Å². The standard InChI is InChI=1S/C16H31NO4/c1-12(11-13(2)14(18)17(6)20-7)9-8-10-21-15(19)16(3,4)5/h12-13H,8-11H2,1-7H3/t12-,13?/m1/s1. The predicted octanol–water partition coefficient (Wildman–Crippen LogP) is 3.04. The molecule has 21 heavy (non-hydrogen) atoms. The maximum Gasteiger partial charge on any atom is 0.311 e. The molecule has 0 aromatic heterocycles. The molecule has 0 aromatic rings. The lowest BCUT2D eigenvalue weighted by atomic mass is 9.93. The van der Waals surface area contributed by atoms with Crippen molar-refractivity contribution in [3.05, 3.63) is 0 Å². The first-order chi connectivity index (χ1) is 9.59. The maximum atomic E-state index is 11.9. The van der Waals surface area contributed by atoms with Crippen molar-refractivity contribution in [2.45, 2.75) is 53.9 Å². The zero-order chi connectivity index (χ0) is 16.6. The molecule has 0 rings (SSSR count). The van der Waals surface area contributed by atoms with Crippen LogP contribution in [-0.2, 0) is 19.2 Å². The molecule has 5 heteroatoms. The molecular formula is C16H31NO4. The van der Waals surface area contributed by atoms with Gasteiger partial charge in [-0.25, -0.2) is 5.06 Å². The van der Waals surface area contributed by atoms with Gasteiger partial charge >= 0.3 is 5.97 Å². The third-order valence-corrected chi connectivity index (χ3v) is 3.45. The van der Waals surface area contributed by atoms with Gasteiger partial charge in [-0.2, -0.15) is 0 Å².